The summed E-state index contributed by atoms with van der Waals surface area (Å²) in [6, 6.07) is 0. The third kappa shape index (κ3) is 2.85. The molecule has 33 heavy (non-hydrogen) atoms. The molecule has 0 amide bonds. The Morgan fingerprint density at radius 3 is 2.30 bits per heavy atom. The van der Waals surface area contributed by atoms with Crippen molar-refractivity contribution in [3.63, 3.8) is 0 Å². The van der Waals surface area contributed by atoms with Crippen molar-refractivity contribution in [2.75, 3.05) is 0 Å². The van der Waals surface area contributed by atoms with Crippen molar-refractivity contribution in [3.8, 4) is 0 Å². The van der Waals surface area contributed by atoms with Crippen molar-refractivity contribution in [2.45, 2.75) is 105 Å². The second kappa shape index (κ2) is 6.95. The lowest BCUT2D eigenvalue weighted by Crippen LogP contribution is -2.66. The fourth-order valence-corrected chi connectivity index (χ4v) is 10.2. The summed E-state index contributed by atoms with van der Waals surface area (Å²) in [5.74, 6) is -0.163. The Kier molecular flexibility index (Phi) is 4.97. The summed E-state index contributed by atoms with van der Waals surface area (Å²) in [6.07, 6.45) is 10.1. The summed E-state index contributed by atoms with van der Waals surface area (Å²) < 4.78 is 0. The number of rotatable bonds is 1. The highest BCUT2D eigenvalue weighted by Gasteiger charge is 2.69. The minimum atomic E-state index is -0.674. The van der Waals surface area contributed by atoms with E-state index in [4.69, 9.17) is 0 Å². The number of aliphatic hydroxyl groups is 1. The van der Waals surface area contributed by atoms with Gasteiger partial charge in [-0.15, -0.1) is 0 Å². The largest absolute Gasteiger partial charge is 0.481 e. The van der Waals surface area contributed by atoms with E-state index in [2.05, 4.69) is 41.5 Å². The van der Waals surface area contributed by atoms with Crippen LogP contribution >= 0.6 is 0 Å². The molecule has 0 unspecified atom stereocenters. The molecule has 0 aromatic rings. The maximum Gasteiger partial charge on any atom is 0.306 e. The molecule has 9 atom stereocenters. The monoisotopic (exact) mass is 456 g/mol. The van der Waals surface area contributed by atoms with Gasteiger partial charge in [0.2, 0.25) is 0 Å². The van der Waals surface area contributed by atoms with E-state index in [1.54, 1.807) is 0 Å². The molecular formula is C29H44O4. The molecule has 4 saturated carbocycles. The number of carbonyl (C=O) groups is 2. The Labute approximate surface area is 199 Å². The van der Waals surface area contributed by atoms with Gasteiger partial charge < -0.3 is 10.2 Å². The van der Waals surface area contributed by atoms with Gasteiger partial charge in [0.25, 0.3) is 0 Å². The number of carboxylic acid groups (broad SMARTS) is 1. The van der Waals surface area contributed by atoms with Crippen LogP contribution in [0.2, 0.25) is 0 Å². The van der Waals surface area contributed by atoms with Gasteiger partial charge in [0, 0.05) is 5.92 Å². The fourth-order valence-electron chi connectivity index (χ4n) is 10.2. The van der Waals surface area contributed by atoms with Crippen LogP contribution in [0.3, 0.4) is 0 Å². The van der Waals surface area contributed by atoms with Gasteiger partial charge in [0.15, 0.2) is 5.78 Å². The Morgan fingerprint density at radius 1 is 0.939 bits per heavy atom. The van der Waals surface area contributed by atoms with Crippen LogP contribution in [-0.4, -0.2) is 28.1 Å². The van der Waals surface area contributed by atoms with Crippen LogP contribution in [0.1, 0.15) is 99.3 Å². The van der Waals surface area contributed by atoms with Gasteiger partial charge in [0.1, 0.15) is 0 Å². The Balaban J connectivity index is 1.61. The number of hydrogen-bond acceptors (Lipinski definition) is 3. The van der Waals surface area contributed by atoms with E-state index in [0.717, 1.165) is 51.4 Å². The number of ketones is 1. The summed E-state index contributed by atoms with van der Waals surface area (Å²) in [6.45, 7) is 13.9. The molecule has 0 bridgehead atoms. The van der Waals surface area contributed by atoms with E-state index in [1.807, 2.05) is 6.08 Å². The molecule has 4 nitrogen and oxygen atoms in total. The zero-order chi connectivity index (χ0) is 24.2. The molecule has 5 aliphatic rings. The minimum absolute atomic E-state index is 0.0208. The lowest BCUT2D eigenvalue weighted by molar-refractivity contribution is -0.201. The predicted octanol–water partition coefficient (Wildman–Crippen LogP) is 6.02. The highest BCUT2D eigenvalue weighted by Crippen LogP contribution is 2.74. The summed E-state index contributed by atoms with van der Waals surface area (Å²) in [5, 5.41) is 20.6. The van der Waals surface area contributed by atoms with E-state index in [-0.39, 0.29) is 56.7 Å². The quantitative estimate of drug-likeness (QED) is 0.506. The van der Waals surface area contributed by atoms with Crippen molar-refractivity contribution in [1.82, 2.24) is 0 Å². The molecule has 0 aromatic heterocycles. The summed E-state index contributed by atoms with van der Waals surface area (Å²) in [5.41, 5.74) is 0.929. The number of carbonyl (C=O) groups excluding carboxylic acids is 1. The molecule has 5 aliphatic carbocycles. The fraction of sp³-hybridized carbons (Fsp3) is 0.862. The minimum Gasteiger partial charge on any atom is -0.481 e. The van der Waals surface area contributed by atoms with E-state index < -0.39 is 5.97 Å². The summed E-state index contributed by atoms with van der Waals surface area (Å²) in [7, 11) is 0. The molecule has 0 heterocycles. The van der Waals surface area contributed by atoms with Crippen molar-refractivity contribution in [1.29, 1.82) is 0 Å². The zero-order valence-corrected chi connectivity index (χ0v) is 21.5. The van der Waals surface area contributed by atoms with Crippen LogP contribution < -0.4 is 0 Å². The van der Waals surface area contributed by atoms with Gasteiger partial charge in [-0.1, -0.05) is 47.1 Å². The maximum atomic E-state index is 14.1. The standard InChI is InChI=1S/C29H44O4/c1-25(2)21-8-12-29(6)23(27(21,4)11-9-22(25)31)20(30)16-19-18-15-17(24(32)33)7-10-26(18,3)13-14-28(19,29)5/h16-18,21-23,31H,7-15H2,1-6H3,(H,32,33)/t17-,18+,21-,22-,23+,26+,27-,28+,29+/m0/s1. The van der Waals surface area contributed by atoms with Crippen molar-refractivity contribution < 1.29 is 19.8 Å². The molecule has 0 radical (unpaired) electrons. The van der Waals surface area contributed by atoms with E-state index >= 15 is 0 Å². The van der Waals surface area contributed by atoms with Crippen LogP contribution in [0.5, 0.6) is 0 Å². The Morgan fingerprint density at radius 2 is 1.64 bits per heavy atom. The van der Waals surface area contributed by atoms with E-state index in [0.29, 0.717) is 12.3 Å². The number of aliphatic carboxylic acids is 1. The lowest BCUT2D eigenvalue weighted by Gasteiger charge is -2.70. The van der Waals surface area contributed by atoms with Crippen molar-refractivity contribution in [2.24, 2.45) is 50.7 Å². The first kappa shape index (κ1) is 23.6. The Bertz CT molecular complexity index is 919. The van der Waals surface area contributed by atoms with Gasteiger partial charge in [-0.3, -0.25) is 9.59 Å². The number of aliphatic hydroxyl groups excluding tert-OH is 1. The van der Waals surface area contributed by atoms with Gasteiger partial charge in [0.05, 0.1) is 12.0 Å². The highest BCUT2D eigenvalue weighted by molar-refractivity contribution is 5.95. The molecular weight excluding hydrogens is 412 g/mol. The molecule has 184 valence electrons. The topological polar surface area (TPSA) is 74.6 Å². The number of hydrogen-bond donors (Lipinski definition) is 2. The van der Waals surface area contributed by atoms with Crippen LogP contribution in [0.25, 0.3) is 0 Å². The van der Waals surface area contributed by atoms with Gasteiger partial charge in [-0.25, -0.2) is 0 Å². The average Bonchev–Trinajstić information content (AvgIpc) is 2.72. The van der Waals surface area contributed by atoms with E-state index in [9.17, 15) is 19.8 Å². The Hall–Kier alpha value is -1.16. The van der Waals surface area contributed by atoms with Gasteiger partial charge >= 0.3 is 5.97 Å². The molecule has 0 saturated heterocycles. The second-order valence-electron chi connectivity index (χ2n) is 14.2. The number of fused-ring (bicyclic) bond motifs is 7. The second-order valence-corrected chi connectivity index (χ2v) is 14.2. The predicted molar refractivity (Wildman–Crippen MR) is 128 cm³/mol. The molecule has 4 fully saturated rings. The SMILES string of the molecule is CC1(C)[C@@H](O)CC[C@]2(C)[C@H]3C(=O)C=C4[C@H]5C[C@@H](C(=O)O)CC[C@]5(C)CC[C@@]4(C)[C@]3(C)CC[C@@H]12. The normalized spacial score (nSPS) is 53.1. The number of carboxylic acids is 1. The maximum absolute atomic E-state index is 14.1. The average molecular weight is 457 g/mol. The summed E-state index contributed by atoms with van der Waals surface area (Å²) >= 11 is 0. The van der Waals surface area contributed by atoms with Gasteiger partial charge in [-0.05, 0) is 103 Å². The van der Waals surface area contributed by atoms with Crippen LogP contribution in [-0.2, 0) is 9.59 Å². The first-order valence-corrected chi connectivity index (χ1v) is 13.4. The third-order valence-electron chi connectivity index (χ3n) is 12.6. The molecule has 4 heteroatoms. The third-order valence-corrected chi connectivity index (χ3v) is 12.6. The highest BCUT2D eigenvalue weighted by atomic mass is 16.4. The van der Waals surface area contributed by atoms with Crippen molar-refractivity contribution in [3.05, 3.63) is 11.6 Å². The first-order chi connectivity index (χ1) is 15.2. The van der Waals surface area contributed by atoms with Gasteiger partial charge in [-0.2, -0.15) is 0 Å². The van der Waals surface area contributed by atoms with Crippen LogP contribution in [0.15, 0.2) is 11.6 Å². The molecule has 0 aliphatic heterocycles. The summed E-state index contributed by atoms with van der Waals surface area (Å²) in [4.78, 5) is 26.0. The molecule has 2 N–H and O–H groups in total. The molecule has 5 rings (SSSR count). The van der Waals surface area contributed by atoms with E-state index in [1.165, 1.54) is 5.57 Å². The van der Waals surface area contributed by atoms with Crippen molar-refractivity contribution >= 4 is 11.8 Å². The zero-order valence-electron chi connectivity index (χ0n) is 21.5. The molecule has 0 spiro atoms. The smallest absolute Gasteiger partial charge is 0.306 e. The lowest BCUT2D eigenvalue weighted by atomic mass is 9.33. The molecule has 0 aromatic carbocycles. The van der Waals surface area contributed by atoms with Crippen LogP contribution in [0.4, 0.5) is 0 Å². The first-order valence-electron chi connectivity index (χ1n) is 13.4. The van der Waals surface area contributed by atoms with Crippen LogP contribution in [0, 0.1) is 50.7 Å². The number of allylic oxidation sites excluding steroid dienone is 2.